The highest BCUT2D eigenvalue weighted by Gasteiger charge is 2.22. The first-order valence-corrected chi connectivity index (χ1v) is 5.95. The summed E-state index contributed by atoms with van der Waals surface area (Å²) < 4.78 is 26.6. The highest BCUT2D eigenvalue weighted by atomic mass is 35.5. The molecule has 3 nitrogen and oxygen atoms in total. The Hall–Kier alpha value is -1.75. The number of hydrogen-bond donors (Lipinski definition) is 0. The second-order valence-corrected chi connectivity index (χ2v) is 4.51. The molecule has 6 heteroatoms. The van der Waals surface area contributed by atoms with Gasteiger partial charge in [0.05, 0.1) is 12.1 Å². The van der Waals surface area contributed by atoms with Gasteiger partial charge in [0.2, 0.25) is 0 Å². The van der Waals surface area contributed by atoms with Gasteiger partial charge in [0.15, 0.2) is 6.29 Å². The van der Waals surface area contributed by atoms with Gasteiger partial charge in [-0.05, 0) is 12.5 Å². The molecule has 0 saturated carbocycles. The molecule has 1 heterocycles. The Morgan fingerprint density at radius 2 is 2.21 bits per heavy atom. The van der Waals surface area contributed by atoms with Gasteiger partial charge < -0.3 is 0 Å². The normalized spacial score (nSPS) is 11.0. The van der Waals surface area contributed by atoms with Gasteiger partial charge in [-0.25, -0.2) is 13.5 Å². The van der Waals surface area contributed by atoms with Gasteiger partial charge in [-0.15, -0.1) is 0 Å². The van der Waals surface area contributed by atoms with Gasteiger partial charge >= 0.3 is 0 Å². The van der Waals surface area contributed by atoms with Gasteiger partial charge in [-0.1, -0.05) is 41.4 Å². The maximum atomic E-state index is 12.7. The summed E-state index contributed by atoms with van der Waals surface area (Å²) in [5, 5.41) is 3.65. The van der Waals surface area contributed by atoms with Crippen LogP contribution in [0, 0.1) is 6.92 Å². The lowest BCUT2D eigenvalue weighted by atomic mass is 10.1. The van der Waals surface area contributed by atoms with Crippen LogP contribution in [0.1, 0.15) is 33.6 Å². The molecule has 100 valence electrons. The van der Waals surface area contributed by atoms with E-state index in [4.69, 9.17) is 11.6 Å². The molecular weight excluding hydrogens is 274 g/mol. The van der Waals surface area contributed by atoms with Gasteiger partial charge in [-0.3, -0.25) is 4.79 Å². The van der Waals surface area contributed by atoms with Crippen molar-refractivity contribution in [1.82, 2.24) is 9.78 Å². The summed E-state index contributed by atoms with van der Waals surface area (Å²) in [6.07, 6.45) is -2.51. The summed E-state index contributed by atoms with van der Waals surface area (Å²) >= 11 is 5.90. The number of aldehydes is 1. The van der Waals surface area contributed by atoms with Crippen molar-refractivity contribution in [3.63, 3.8) is 0 Å². The zero-order valence-electron chi connectivity index (χ0n) is 10.1. The third-order valence-corrected chi connectivity index (χ3v) is 3.09. The fraction of sp³-hybridized carbons (Fsp3) is 0.231. The zero-order chi connectivity index (χ0) is 14.0. The summed E-state index contributed by atoms with van der Waals surface area (Å²) in [6, 6.07) is 7.53. The van der Waals surface area contributed by atoms with E-state index in [1.54, 1.807) is 0 Å². The first-order chi connectivity index (χ1) is 9.02. The number of hydrogen-bond acceptors (Lipinski definition) is 2. The Kier molecular flexibility index (Phi) is 3.95. The van der Waals surface area contributed by atoms with Crippen LogP contribution < -0.4 is 0 Å². The number of carbonyl (C=O) groups excluding carboxylic acids is 1. The third-order valence-electron chi connectivity index (χ3n) is 2.69. The van der Waals surface area contributed by atoms with Crippen molar-refractivity contribution >= 4 is 17.9 Å². The van der Waals surface area contributed by atoms with E-state index in [9.17, 15) is 13.6 Å². The van der Waals surface area contributed by atoms with E-state index in [-0.39, 0.29) is 17.3 Å². The third kappa shape index (κ3) is 2.81. The van der Waals surface area contributed by atoms with Crippen molar-refractivity contribution in [2.45, 2.75) is 19.9 Å². The largest absolute Gasteiger partial charge is 0.298 e. The van der Waals surface area contributed by atoms with Gasteiger partial charge in [0.1, 0.15) is 10.8 Å². The molecule has 2 aromatic rings. The van der Waals surface area contributed by atoms with Crippen molar-refractivity contribution < 1.29 is 13.6 Å². The number of aromatic nitrogens is 2. The van der Waals surface area contributed by atoms with E-state index in [1.807, 2.05) is 31.2 Å². The first-order valence-electron chi connectivity index (χ1n) is 5.58. The van der Waals surface area contributed by atoms with E-state index in [0.717, 1.165) is 11.1 Å². The van der Waals surface area contributed by atoms with E-state index in [2.05, 4.69) is 5.10 Å². The van der Waals surface area contributed by atoms with Gasteiger partial charge in [0, 0.05) is 0 Å². The van der Waals surface area contributed by atoms with Gasteiger partial charge in [0.25, 0.3) is 6.43 Å². The lowest BCUT2D eigenvalue weighted by Crippen LogP contribution is -2.02. The number of alkyl halides is 2. The number of nitrogens with zero attached hydrogens (tertiary/aromatic N) is 2. The van der Waals surface area contributed by atoms with Crippen LogP contribution in [0.3, 0.4) is 0 Å². The summed E-state index contributed by atoms with van der Waals surface area (Å²) in [4.78, 5) is 10.8. The molecule has 0 atom stereocenters. The number of rotatable bonds is 4. The smallest absolute Gasteiger partial charge is 0.282 e. The lowest BCUT2D eigenvalue weighted by molar-refractivity contribution is 0.110. The average Bonchev–Trinajstić information content (AvgIpc) is 2.66. The van der Waals surface area contributed by atoms with Crippen molar-refractivity contribution in [2.24, 2.45) is 0 Å². The second-order valence-electron chi connectivity index (χ2n) is 4.15. The number of halogens is 3. The van der Waals surface area contributed by atoms with Crippen molar-refractivity contribution in [3.05, 3.63) is 51.8 Å². The predicted octanol–water partition coefficient (Wildman–Crippen LogP) is 3.64. The van der Waals surface area contributed by atoms with E-state index >= 15 is 0 Å². The van der Waals surface area contributed by atoms with Crippen molar-refractivity contribution in [3.8, 4) is 0 Å². The molecule has 0 fully saturated rings. The number of carbonyl (C=O) groups is 1. The summed E-state index contributed by atoms with van der Waals surface area (Å²) in [5.74, 6) is 0. The molecule has 0 N–H and O–H groups in total. The van der Waals surface area contributed by atoms with Crippen LogP contribution in [0.5, 0.6) is 0 Å². The molecule has 0 aliphatic heterocycles. The van der Waals surface area contributed by atoms with Crippen LogP contribution in [0.4, 0.5) is 8.78 Å². The highest BCUT2D eigenvalue weighted by Crippen LogP contribution is 2.27. The lowest BCUT2D eigenvalue weighted by Gasteiger charge is -2.04. The fourth-order valence-corrected chi connectivity index (χ4v) is 2.07. The summed E-state index contributed by atoms with van der Waals surface area (Å²) in [7, 11) is 0. The van der Waals surface area contributed by atoms with Crippen LogP contribution in [0.25, 0.3) is 0 Å². The standard InChI is InChI=1S/C13H11ClF2N2O/c1-8-3-2-4-9(5-8)6-18-12(14)10(7-19)11(17-18)13(15)16/h2-5,7,13H,6H2,1H3. The predicted molar refractivity (Wildman–Crippen MR) is 67.9 cm³/mol. The van der Waals surface area contributed by atoms with Crippen LogP contribution >= 0.6 is 11.6 Å². The van der Waals surface area contributed by atoms with Crippen molar-refractivity contribution in [1.29, 1.82) is 0 Å². The van der Waals surface area contributed by atoms with Crippen molar-refractivity contribution in [2.75, 3.05) is 0 Å². The van der Waals surface area contributed by atoms with E-state index in [1.165, 1.54) is 4.68 Å². The zero-order valence-corrected chi connectivity index (χ0v) is 10.9. The number of benzene rings is 1. The molecule has 0 radical (unpaired) electrons. The molecule has 2 rings (SSSR count). The molecule has 0 spiro atoms. The minimum absolute atomic E-state index is 0.0631. The molecule has 0 aliphatic rings. The number of aryl methyl sites for hydroxylation is 1. The fourth-order valence-electron chi connectivity index (χ4n) is 1.83. The average molecular weight is 285 g/mol. The molecule has 1 aromatic carbocycles. The Morgan fingerprint density at radius 3 is 2.74 bits per heavy atom. The molecule has 0 amide bonds. The van der Waals surface area contributed by atoms with Crippen LogP contribution in [0.2, 0.25) is 5.15 Å². The molecule has 0 aliphatic carbocycles. The molecule has 19 heavy (non-hydrogen) atoms. The van der Waals surface area contributed by atoms with E-state index < -0.39 is 12.1 Å². The highest BCUT2D eigenvalue weighted by molar-refractivity contribution is 6.32. The first kappa shape index (κ1) is 13.7. The monoisotopic (exact) mass is 284 g/mol. The minimum Gasteiger partial charge on any atom is -0.298 e. The Balaban J connectivity index is 2.38. The summed E-state index contributed by atoms with van der Waals surface area (Å²) in [6.45, 7) is 2.17. The molecule has 0 saturated heterocycles. The Labute approximate surface area is 113 Å². The Morgan fingerprint density at radius 1 is 1.47 bits per heavy atom. The van der Waals surface area contributed by atoms with Crippen LogP contribution in [-0.4, -0.2) is 16.1 Å². The van der Waals surface area contributed by atoms with Crippen LogP contribution in [0.15, 0.2) is 24.3 Å². The minimum atomic E-state index is -2.82. The Bertz CT molecular complexity index is 611. The maximum absolute atomic E-state index is 12.7. The molecule has 0 bridgehead atoms. The van der Waals surface area contributed by atoms with E-state index in [0.29, 0.717) is 6.29 Å². The topological polar surface area (TPSA) is 34.9 Å². The van der Waals surface area contributed by atoms with Crippen LogP contribution in [-0.2, 0) is 6.54 Å². The quantitative estimate of drug-likeness (QED) is 0.803. The molecule has 1 aromatic heterocycles. The second kappa shape index (κ2) is 5.48. The SMILES string of the molecule is Cc1cccc(Cn2nc(C(F)F)c(C=O)c2Cl)c1. The molecular formula is C13H11ClF2N2O. The maximum Gasteiger partial charge on any atom is 0.282 e. The summed E-state index contributed by atoms with van der Waals surface area (Å²) in [5.41, 5.74) is 1.10. The van der Waals surface area contributed by atoms with Gasteiger partial charge in [-0.2, -0.15) is 5.10 Å². The molecule has 0 unspecified atom stereocenters.